The zero-order valence-electron chi connectivity index (χ0n) is 17.9. The molecule has 174 valence electrons. The van der Waals surface area contributed by atoms with Crippen molar-refractivity contribution in [3.63, 3.8) is 0 Å². The molecule has 0 fully saturated rings. The van der Waals surface area contributed by atoms with Gasteiger partial charge in [0.2, 0.25) is 0 Å². The van der Waals surface area contributed by atoms with Crippen LogP contribution in [-0.4, -0.2) is 36.2 Å². The number of aromatic hydroxyl groups is 1. The number of hydrogen-bond donors (Lipinski definition) is 3. The minimum Gasteiger partial charge on any atom is -0.505 e. The summed E-state index contributed by atoms with van der Waals surface area (Å²) < 4.78 is 38.5. The number of alkyl halides is 3. The molecule has 33 heavy (non-hydrogen) atoms. The summed E-state index contributed by atoms with van der Waals surface area (Å²) >= 11 is 0. The Hall–Kier alpha value is -3.82. The Morgan fingerprint density at radius 1 is 1.00 bits per heavy atom. The highest BCUT2D eigenvalue weighted by molar-refractivity contribution is 5.99. The van der Waals surface area contributed by atoms with E-state index in [0.29, 0.717) is 5.56 Å². The average Bonchev–Trinajstić information content (AvgIpc) is 2.78. The highest BCUT2D eigenvalue weighted by Crippen LogP contribution is 2.34. The number of phenols is 1. The lowest BCUT2D eigenvalue weighted by molar-refractivity contribution is -0.136. The van der Waals surface area contributed by atoms with Crippen LogP contribution in [0.25, 0.3) is 0 Å². The first kappa shape index (κ1) is 23.8. The van der Waals surface area contributed by atoms with Gasteiger partial charge in [0.1, 0.15) is 11.4 Å². The molecule has 1 amide bonds. The normalized spacial score (nSPS) is 12.4. The SMILES string of the molecule is CN(C)C(=O)c1cccc(Nc2c(N[C@H](CCC(F)(F)F)c3ccccc3)c(=O)c2=O)c1O. The van der Waals surface area contributed by atoms with Crippen LogP contribution in [0.4, 0.5) is 30.2 Å². The second-order valence-electron chi connectivity index (χ2n) is 7.70. The molecule has 0 unspecified atom stereocenters. The fraction of sp³-hybridized carbons (Fsp3) is 0.261. The number of anilines is 3. The molecule has 0 saturated heterocycles. The molecule has 3 aromatic rings. The van der Waals surface area contributed by atoms with Gasteiger partial charge in [-0.2, -0.15) is 13.2 Å². The minimum absolute atomic E-state index is 0.00408. The van der Waals surface area contributed by atoms with Gasteiger partial charge >= 0.3 is 6.18 Å². The van der Waals surface area contributed by atoms with Crippen molar-refractivity contribution >= 4 is 23.0 Å². The zero-order valence-corrected chi connectivity index (χ0v) is 17.9. The number of benzene rings is 2. The molecule has 3 rings (SSSR count). The first-order valence-corrected chi connectivity index (χ1v) is 10.0. The maximum absolute atomic E-state index is 12.8. The van der Waals surface area contributed by atoms with Crippen molar-refractivity contribution in [2.75, 3.05) is 24.7 Å². The number of halogens is 3. The Balaban J connectivity index is 1.91. The fourth-order valence-electron chi connectivity index (χ4n) is 3.33. The van der Waals surface area contributed by atoms with Crippen molar-refractivity contribution < 1.29 is 23.1 Å². The van der Waals surface area contributed by atoms with Crippen molar-refractivity contribution in [3.8, 4) is 5.75 Å². The molecule has 0 aliphatic rings. The number of hydrogen-bond acceptors (Lipinski definition) is 6. The number of phenolic OH excluding ortho intramolecular Hbond substituents is 1. The lowest BCUT2D eigenvalue weighted by Gasteiger charge is -2.24. The first-order valence-electron chi connectivity index (χ1n) is 10.0. The molecule has 3 aromatic carbocycles. The number of para-hydroxylation sites is 1. The molecule has 0 aliphatic carbocycles. The number of nitrogens with zero attached hydrogens (tertiary/aromatic N) is 1. The Morgan fingerprint density at radius 3 is 2.24 bits per heavy atom. The van der Waals surface area contributed by atoms with Crippen molar-refractivity contribution in [1.82, 2.24) is 4.90 Å². The van der Waals surface area contributed by atoms with Crippen LogP contribution in [-0.2, 0) is 0 Å². The van der Waals surface area contributed by atoms with Crippen LogP contribution in [0.5, 0.6) is 5.75 Å². The van der Waals surface area contributed by atoms with E-state index >= 15 is 0 Å². The average molecular weight is 461 g/mol. The molecule has 7 nitrogen and oxygen atoms in total. The molecule has 0 radical (unpaired) electrons. The summed E-state index contributed by atoms with van der Waals surface area (Å²) in [5.41, 5.74) is -1.65. The quantitative estimate of drug-likeness (QED) is 0.347. The van der Waals surface area contributed by atoms with E-state index in [9.17, 15) is 32.7 Å². The smallest absolute Gasteiger partial charge is 0.389 e. The third-order valence-corrected chi connectivity index (χ3v) is 5.08. The van der Waals surface area contributed by atoms with Gasteiger partial charge in [-0.3, -0.25) is 14.4 Å². The van der Waals surface area contributed by atoms with E-state index in [-0.39, 0.29) is 29.0 Å². The van der Waals surface area contributed by atoms with E-state index in [0.717, 1.165) is 0 Å². The summed E-state index contributed by atoms with van der Waals surface area (Å²) in [6.07, 6.45) is -5.84. The molecule has 0 aliphatic heterocycles. The number of carbonyl (C=O) groups is 1. The molecule has 0 heterocycles. The van der Waals surface area contributed by atoms with E-state index in [1.54, 1.807) is 30.3 Å². The van der Waals surface area contributed by atoms with Crippen molar-refractivity contribution in [3.05, 3.63) is 80.1 Å². The van der Waals surface area contributed by atoms with E-state index in [1.807, 2.05) is 0 Å². The van der Waals surface area contributed by atoms with Gasteiger partial charge in [0, 0.05) is 20.5 Å². The van der Waals surface area contributed by atoms with Crippen LogP contribution in [0.2, 0.25) is 0 Å². The van der Waals surface area contributed by atoms with Gasteiger partial charge < -0.3 is 20.6 Å². The standard InChI is InChI=1S/C23H22F3N3O4/c1-29(2)22(33)14-9-6-10-16(19(14)30)28-18-17(20(31)21(18)32)27-15(11-12-23(24,25)26)13-7-4-3-5-8-13/h3-10,15,27-28,30H,11-12H2,1-2H3/t15-/m1/s1. The fourth-order valence-corrected chi connectivity index (χ4v) is 3.33. The van der Waals surface area contributed by atoms with E-state index < -0.39 is 41.2 Å². The molecule has 0 spiro atoms. The van der Waals surface area contributed by atoms with Crippen molar-refractivity contribution in [1.29, 1.82) is 0 Å². The third kappa shape index (κ3) is 5.33. The molecular weight excluding hydrogens is 439 g/mol. The van der Waals surface area contributed by atoms with Gasteiger partial charge in [0.15, 0.2) is 5.75 Å². The summed E-state index contributed by atoms with van der Waals surface area (Å²) in [5, 5.41) is 15.9. The predicted molar refractivity (Wildman–Crippen MR) is 119 cm³/mol. The largest absolute Gasteiger partial charge is 0.505 e. The lowest BCUT2D eigenvalue weighted by Crippen LogP contribution is -2.37. The van der Waals surface area contributed by atoms with E-state index in [1.165, 1.54) is 37.2 Å². The summed E-state index contributed by atoms with van der Waals surface area (Å²) in [6.45, 7) is 0. The summed E-state index contributed by atoms with van der Waals surface area (Å²) in [5.74, 6) is -0.900. The number of carbonyl (C=O) groups excluding carboxylic acids is 1. The highest BCUT2D eigenvalue weighted by Gasteiger charge is 2.31. The van der Waals surface area contributed by atoms with Gasteiger partial charge in [-0.1, -0.05) is 36.4 Å². The second-order valence-corrected chi connectivity index (χ2v) is 7.70. The molecule has 0 bridgehead atoms. The second kappa shape index (κ2) is 9.35. The summed E-state index contributed by atoms with van der Waals surface area (Å²) in [4.78, 5) is 37.9. The first-order chi connectivity index (χ1) is 15.5. The van der Waals surface area contributed by atoms with Gasteiger partial charge in [-0.25, -0.2) is 0 Å². The van der Waals surface area contributed by atoms with Gasteiger partial charge in [0.05, 0.1) is 17.3 Å². The van der Waals surface area contributed by atoms with Crippen LogP contribution in [0, 0.1) is 0 Å². The van der Waals surface area contributed by atoms with Gasteiger partial charge in [0.25, 0.3) is 16.8 Å². The van der Waals surface area contributed by atoms with Crippen LogP contribution in [0.3, 0.4) is 0 Å². The van der Waals surface area contributed by atoms with E-state index in [2.05, 4.69) is 10.6 Å². The Bertz CT molecular complexity index is 1220. The zero-order chi connectivity index (χ0) is 24.3. The summed E-state index contributed by atoms with van der Waals surface area (Å²) in [6, 6.07) is 11.7. The van der Waals surface area contributed by atoms with Crippen LogP contribution in [0.15, 0.2) is 58.1 Å². The Morgan fingerprint density at radius 2 is 1.64 bits per heavy atom. The number of nitrogens with one attached hydrogen (secondary N) is 2. The monoisotopic (exact) mass is 461 g/mol. The number of amides is 1. The maximum Gasteiger partial charge on any atom is 0.389 e. The summed E-state index contributed by atoms with van der Waals surface area (Å²) in [7, 11) is 3.01. The van der Waals surface area contributed by atoms with Crippen LogP contribution < -0.4 is 21.5 Å². The molecular formula is C23H22F3N3O4. The maximum atomic E-state index is 12.8. The molecule has 10 heteroatoms. The van der Waals surface area contributed by atoms with Crippen LogP contribution in [0.1, 0.15) is 34.8 Å². The topological polar surface area (TPSA) is 98.7 Å². The van der Waals surface area contributed by atoms with Crippen LogP contribution >= 0.6 is 0 Å². The van der Waals surface area contributed by atoms with Crippen molar-refractivity contribution in [2.45, 2.75) is 25.1 Å². The highest BCUT2D eigenvalue weighted by atomic mass is 19.4. The molecule has 0 aromatic heterocycles. The Kier molecular flexibility index (Phi) is 6.75. The van der Waals surface area contributed by atoms with Gasteiger partial charge in [-0.15, -0.1) is 0 Å². The molecule has 3 N–H and O–H groups in total. The number of rotatable bonds is 8. The minimum atomic E-state index is -4.39. The van der Waals surface area contributed by atoms with Gasteiger partial charge in [-0.05, 0) is 24.1 Å². The van der Waals surface area contributed by atoms with Crippen molar-refractivity contribution in [2.24, 2.45) is 0 Å². The third-order valence-electron chi connectivity index (χ3n) is 5.08. The molecule has 0 saturated carbocycles. The lowest BCUT2D eigenvalue weighted by atomic mass is 10.0. The Labute approximate surface area is 187 Å². The van der Waals surface area contributed by atoms with E-state index in [4.69, 9.17) is 0 Å². The molecule has 1 atom stereocenters. The predicted octanol–water partition coefficient (Wildman–Crippen LogP) is 3.93.